The second-order valence-electron chi connectivity index (χ2n) is 4.54. The molecule has 22 heavy (non-hydrogen) atoms. The molecule has 2 heterocycles. The van der Waals surface area contributed by atoms with Gasteiger partial charge in [-0.15, -0.1) is 0 Å². The van der Waals surface area contributed by atoms with Gasteiger partial charge in [-0.3, -0.25) is 19.8 Å². The van der Waals surface area contributed by atoms with E-state index in [2.05, 4.69) is 0 Å². The van der Waals surface area contributed by atoms with Gasteiger partial charge in [0.05, 0.1) is 6.61 Å². The summed E-state index contributed by atoms with van der Waals surface area (Å²) in [6, 6.07) is 1.05. The molecule has 0 saturated carbocycles. The number of aromatic nitrogens is 2. The highest BCUT2D eigenvalue weighted by Gasteiger charge is 2.57. The van der Waals surface area contributed by atoms with Crippen LogP contribution in [0.3, 0.4) is 0 Å². The van der Waals surface area contributed by atoms with Crippen LogP contribution in [-0.4, -0.2) is 56.4 Å². The lowest BCUT2D eigenvalue weighted by atomic mass is 10.1. The molecule has 1 aliphatic heterocycles. The molecular weight excluding hydrogens is 321 g/mol. The van der Waals surface area contributed by atoms with Crippen LogP contribution in [0.2, 0.25) is 0 Å². The van der Waals surface area contributed by atoms with Crippen molar-refractivity contribution in [2.24, 2.45) is 5.50 Å². The van der Waals surface area contributed by atoms with Crippen LogP contribution in [0.1, 0.15) is 6.23 Å². The van der Waals surface area contributed by atoms with Gasteiger partial charge in [0.1, 0.15) is 12.2 Å². The van der Waals surface area contributed by atoms with Crippen LogP contribution in [0, 0.1) is 0 Å². The molecular formula is C10H16N3O8P. The fraction of sp³-hybridized carbons (Fsp3) is 0.600. The lowest BCUT2D eigenvalue weighted by Crippen LogP contribution is -2.50. The van der Waals surface area contributed by atoms with E-state index >= 15 is 0 Å². The maximum atomic E-state index is 11.8. The number of nitrogens with two attached hydrogens (primary N) is 1. The Morgan fingerprint density at radius 1 is 1.59 bits per heavy atom. The van der Waals surface area contributed by atoms with E-state index in [0.717, 1.165) is 23.9 Å². The predicted molar refractivity (Wildman–Crippen MR) is 72.5 cm³/mol. The van der Waals surface area contributed by atoms with Crippen molar-refractivity contribution in [3.63, 3.8) is 0 Å². The van der Waals surface area contributed by atoms with Gasteiger partial charge < -0.3 is 29.1 Å². The van der Waals surface area contributed by atoms with Crippen molar-refractivity contribution in [3.8, 4) is 0 Å². The Bertz CT molecular complexity index is 633. The molecule has 2 rings (SSSR count). The molecule has 6 N–H and O–H groups in total. The second-order valence-corrected chi connectivity index (χ2v) is 5.41. The van der Waals surface area contributed by atoms with Gasteiger partial charge in [0.2, 0.25) is 14.3 Å². The SMILES string of the molecule is CO[C@@]1(O)[C@H](O)[C@@H](COP(N)O)O[C@H]1n1ccc(=O)[nH]c1=O. The first-order valence-electron chi connectivity index (χ1n) is 6.08. The first kappa shape index (κ1) is 17.2. The molecule has 0 spiro atoms. The first-order chi connectivity index (χ1) is 10.3. The van der Waals surface area contributed by atoms with E-state index in [4.69, 9.17) is 24.4 Å². The van der Waals surface area contributed by atoms with Crippen molar-refractivity contribution in [1.82, 2.24) is 9.55 Å². The van der Waals surface area contributed by atoms with Gasteiger partial charge in [-0.05, 0) is 0 Å². The van der Waals surface area contributed by atoms with Crippen LogP contribution >= 0.6 is 8.53 Å². The Labute approximate surface area is 124 Å². The summed E-state index contributed by atoms with van der Waals surface area (Å²) in [6.45, 7) is -0.333. The number of H-pyrrole nitrogens is 1. The van der Waals surface area contributed by atoms with Crippen molar-refractivity contribution in [2.75, 3.05) is 13.7 Å². The van der Waals surface area contributed by atoms with Crippen LogP contribution in [-0.2, 0) is 14.0 Å². The maximum Gasteiger partial charge on any atom is 0.330 e. The highest BCUT2D eigenvalue weighted by molar-refractivity contribution is 7.43. The molecule has 124 valence electrons. The van der Waals surface area contributed by atoms with E-state index in [1.54, 1.807) is 0 Å². The third-order valence-electron chi connectivity index (χ3n) is 3.24. The number of aliphatic hydroxyl groups excluding tert-OH is 1. The normalized spacial score (nSPS) is 33.0. The number of hydrogen-bond acceptors (Lipinski definition) is 9. The van der Waals surface area contributed by atoms with Gasteiger partial charge in [0, 0.05) is 19.4 Å². The van der Waals surface area contributed by atoms with E-state index in [9.17, 15) is 19.8 Å². The number of methoxy groups -OCH3 is 1. The fourth-order valence-corrected chi connectivity index (χ4v) is 2.43. The Morgan fingerprint density at radius 2 is 2.27 bits per heavy atom. The minimum atomic E-state index is -2.26. The summed E-state index contributed by atoms with van der Waals surface area (Å²) in [5, 5.41) is 20.5. The van der Waals surface area contributed by atoms with E-state index in [1.165, 1.54) is 0 Å². The number of nitrogens with zero attached hydrogens (tertiary/aromatic N) is 1. The van der Waals surface area contributed by atoms with Gasteiger partial charge in [-0.2, -0.15) is 0 Å². The van der Waals surface area contributed by atoms with Crippen LogP contribution in [0.25, 0.3) is 0 Å². The molecule has 0 aromatic carbocycles. The number of hydrogen-bond donors (Lipinski definition) is 5. The largest absolute Gasteiger partial charge is 0.384 e. The molecule has 1 saturated heterocycles. The van der Waals surface area contributed by atoms with Crippen LogP contribution in [0.5, 0.6) is 0 Å². The van der Waals surface area contributed by atoms with Gasteiger partial charge in [-0.1, -0.05) is 0 Å². The molecule has 11 nitrogen and oxygen atoms in total. The molecule has 0 aliphatic carbocycles. The number of aliphatic hydroxyl groups is 2. The van der Waals surface area contributed by atoms with E-state index in [1.807, 2.05) is 4.98 Å². The zero-order valence-electron chi connectivity index (χ0n) is 11.4. The van der Waals surface area contributed by atoms with Crippen molar-refractivity contribution in [3.05, 3.63) is 33.1 Å². The Hall–Kier alpha value is -1.17. The topological polar surface area (TPSA) is 169 Å². The lowest BCUT2D eigenvalue weighted by molar-refractivity contribution is -0.265. The molecule has 1 aromatic rings. The monoisotopic (exact) mass is 337 g/mol. The molecule has 12 heteroatoms. The number of nitrogens with one attached hydrogen (secondary N) is 1. The average molecular weight is 337 g/mol. The standard InChI is InChI=1S/C10H16N3O8P/c1-19-10(17)7(15)5(4-20-22(11)18)21-8(10)13-3-2-6(14)12-9(13)16/h2-3,5,7-8,15,17-18H,4,11H2,1H3,(H,12,14,16)/t5-,7-,8-,10+,22?/m1/s1. The van der Waals surface area contributed by atoms with Crippen molar-refractivity contribution < 1.29 is 29.1 Å². The molecule has 0 radical (unpaired) electrons. The Kier molecular flexibility index (Phi) is 5.10. The summed E-state index contributed by atoms with van der Waals surface area (Å²) < 4.78 is 15.9. The zero-order chi connectivity index (χ0) is 16.5. The van der Waals surface area contributed by atoms with E-state index < -0.39 is 44.0 Å². The predicted octanol–water partition coefficient (Wildman–Crippen LogP) is -2.68. The van der Waals surface area contributed by atoms with Crippen molar-refractivity contribution in [1.29, 1.82) is 0 Å². The maximum absolute atomic E-state index is 11.8. The summed E-state index contributed by atoms with van der Waals surface area (Å²) in [6.07, 6.45) is -3.05. The lowest BCUT2D eigenvalue weighted by Gasteiger charge is -2.29. The van der Waals surface area contributed by atoms with Gasteiger partial charge in [0.15, 0.2) is 6.23 Å². The molecule has 1 unspecified atom stereocenters. The summed E-state index contributed by atoms with van der Waals surface area (Å²) in [7, 11) is -1.07. The Balaban J connectivity index is 2.33. The third kappa shape index (κ3) is 3.12. The molecule has 0 bridgehead atoms. The van der Waals surface area contributed by atoms with Gasteiger partial charge in [0.25, 0.3) is 5.56 Å². The molecule has 1 aromatic heterocycles. The Morgan fingerprint density at radius 3 is 2.82 bits per heavy atom. The zero-order valence-corrected chi connectivity index (χ0v) is 12.3. The van der Waals surface area contributed by atoms with E-state index in [-0.39, 0.29) is 6.61 Å². The average Bonchev–Trinajstić information content (AvgIpc) is 2.70. The molecule has 0 amide bonds. The highest BCUT2D eigenvalue weighted by Crippen LogP contribution is 2.39. The minimum absolute atomic E-state index is 0.333. The quantitative estimate of drug-likeness (QED) is 0.284. The van der Waals surface area contributed by atoms with Crippen LogP contribution < -0.4 is 16.8 Å². The highest BCUT2D eigenvalue weighted by atomic mass is 31.2. The second kappa shape index (κ2) is 6.52. The summed E-state index contributed by atoms with van der Waals surface area (Å²) in [5.41, 5.74) is 3.59. The number of aromatic amines is 1. The van der Waals surface area contributed by atoms with Crippen LogP contribution in [0.15, 0.2) is 21.9 Å². The van der Waals surface area contributed by atoms with Crippen LogP contribution in [0.4, 0.5) is 0 Å². The molecule has 1 fully saturated rings. The number of rotatable bonds is 5. The summed E-state index contributed by atoms with van der Waals surface area (Å²) >= 11 is 0. The first-order valence-corrected chi connectivity index (χ1v) is 7.37. The van der Waals surface area contributed by atoms with Crippen molar-refractivity contribution >= 4 is 8.53 Å². The van der Waals surface area contributed by atoms with E-state index in [0.29, 0.717) is 0 Å². The fourth-order valence-electron chi connectivity index (χ4n) is 2.13. The van der Waals surface area contributed by atoms with Crippen molar-refractivity contribution in [2.45, 2.75) is 24.2 Å². The van der Waals surface area contributed by atoms with Gasteiger partial charge >= 0.3 is 5.69 Å². The molecule has 5 atom stereocenters. The number of ether oxygens (including phenoxy) is 2. The summed E-state index contributed by atoms with van der Waals surface area (Å²) in [5.74, 6) is -2.26. The molecule has 1 aliphatic rings. The minimum Gasteiger partial charge on any atom is -0.384 e. The van der Waals surface area contributed by atoms with Gasteiger partial charge in [-0.25, -0.2) is 4.79 Å². The smallest absolute Gasteiger partial charge is 0.330 e. The third-order valence-corrected chi connectivity index (χ3v) is 3.65. The summed E-state index contributed by atoms with van der Waals surface area (Å²) in [4.78, 5) is 33.8.